The highest BCUT2D eigenvalue weighted by molar-refractivity contribution is 5.93. The maximum atomic E-state index is 14.5. The van der Waals surface area contributed by atoms with E-state index < -0.39 is 139 Å². The third kappa shape index (κ3) is 36.3. The number of unbranched alkanes of at least 4 members (excludes halogenated alkanes) is 1. The first-order valence-electron chi connectivity index (χ1n) is 38.4. The normalized spacial score (nSPS) is 15.8. The SMILES string of the molecule is COCCOCCOCCOCCOCCOCCOCCOCCOCCOCCOCCOCCC(=O)NCCCCC(NC(=O)OCC1c2ccccc2-c2ccccc21)C(=O)CCCC(=O)Nc1cc(COC(=O)Oc2c(F)c(F)c(F)c(F)c2F)ccc1O[C@H]1CC(COC(C)=O)[C@@H](OC(C)=O)[C@H](OC(C)=O)[C@@H]1OC(C)=O. The largest absolute Gasteiger partial charge is 0.514 e. The van der Waals surface area contributed by atoms with Gasteiger partial charge < -0.3 is 111 Å². The van der Waals surface area contributed by atoms with Crippen LogP contribution >= 0.6 is 0 Å². The maximum absolute atomic E-state index is 14.5. The van der Waals surface area contributed by atoms with Crippen LogP contribution in [0.2, 0.25) is 0 Å². The molecule has 3 N–H and O–H groups in total. The van der Waals surface area contributed by atoms with Crippen LogP contribution in [0.3, 0.4) is 0 Å². The molecule has 2 aliphatic rings. The highest BCUT2D eigenvalue weighted by Crippen LogP contribution is 2.45. The molecule has 0 radical (unpaired) electrons. The van der Waals surface area contributed by atoms with E-state index in [0.29, 0.717) is 145 Å². The third-order valence-corrected chi connectivity index (χ3v) is 17.4. The van der Waals surface area contributed by atoms with Crippen molar-refractivity contribution in [3.63, 3.8) is 0 Å². The first-order valence-corrected chi connectivity index (χ1v) is 38.4. The Morgan fingerprint density at radius 2 is 0.915 bits per heavy atom. The van der Waals surface area contributed by atoms with Crippen LogP contribution in [0.4, 0.5) is 37.2 Å². The first kappa shape index (κ1) is 96.7. The van der Waals surface area contributed by atoms with E-state index in [1.165, 1.54) is 18.2 Å². The quantitative estimate of drug-likeness (QED) is 0.00711. The maximum Gasteiger partial charge on any atom is 0.514 e. The van der Waals surface area contributed by atoms with Crippen molar-refractivity contribution in [1.29, 1.82) is 0 Å². The van der Waals surface area contributed by atoms with Crippen LogP contribution in [-0.4, -0.2) is 263 Å². The number of halogens is 5. The molecule has 4 aromatic carbocycles. The van der Waals surface area contributed by atoms with Crippen molar-refractivity contribution in [2.24, 2.45) is 5.92 Å². The Morgan fingerprint density at radius 3 is 1.40 bits per heavy atom. The lowest BCUT2D eigenvalue weighted by Crippen LogP contribution is -2.60. The summed E-state index contributed by atoms with van der Waals surface area (Å²) in [5, 5.41) is 8.16. The van der Waals surface area contributed by atoms with Gasteiger partial charge in [0, 0.05) is 72.4 Å². The van der Waals surface area contributed by atoms with E-state index in [9.17, 15) is 65.1 Å². The Bertz CT molecular complexity index is 3660. The molecule has 1 saturated carbocycles. The van der Waals surface area contributed by atoms with Crippen molar-refractivity contribution in [2.75, 3.05) is 184 Å². The van der Waals surface area contributed by atoms with Crippen molar-refractivity contribution in [1.82, 2.24) is 10.6 Å². The Kier molecular flexibility index (Phi) is 45.9. The van der Waals surface area contributed by atoms with Crippen LogP contribution in [-0.2, 0) is 125 Å². The zero-order valence-electron chi connectivity index (χ0n) is 66.4. The van der Waals surface area contributed by atoms with Crippen molar-refractivity contribution >= 4 is 59.4 Å². The number of ether oxygens (including phenoxy) is 20. The number of hydrogen-bond acceptors (Lipinski definition) is 29. The second-order valence-electron chi connectivity index (χ2n) is 26.3. The van der Waals surface area contributed by atoms with Crippen LogP contribution in [0, 0.1) is 35.0 Å². The summed E-state index contributed by atoms with van der Waals surface area (Å²) < 4.78 is 180. The number of methoxy groups -OCH3 is 1. The minimum Gasteiger partial charge on any atom is -0.484 e. The lowest BCUT2D eigenvalue weighted by Gasteiger charge is -2.44. The smallest absolute Gasteiger partial charge is 0.484 e. The number of Topliss-reactive ketones (excluding diaryl/α,β-unsaturated/α-hetero) is 1. The van der Waals surface area contributed by atoms with Crippen LogP contribution in [0.25, 0.3) is 11.1 Å². The summed E-state index contributed by atoms with van der Waals surface area (Å²) in [6, 6.07) is 17.9. The van der Waals surface area contributed by atoms with Crippen molar-refractivity contribution < 1.29 is 160 Å². The van der Waals surface area contributed by atoms with Gasteiger partial charge in [0.15, 0.2) is 18.0 Å². The lowest BCUT2D eigenvalue weighted by molar-refractivity contribution is -0.213. The van der Waals surface area contributed by atoms with Gasteiger partial charge in [0.05, 0.1) is 170 Å². The van der Waals surface area contributed by atoms with E-state index >= 15 is 0 Å². The predicted molar refractivity (Wildman–Crippen MR) is 401 cm³/mol. The fourth-order valence-corrected chi connectivity index (χ4v) is 12.0. The van der Waals surface area contributed by atoms with E-state index in [0.717, 1.165) is 49.9 Å². The van der Waals surface area contributed by atoms with Gasteiger partial charge in [-0.25, -0.2) is 22.8 Å². The molecule has 6 rings (SSSR count). The Hall–Kier alpha value is -9.12. The summed E-state index contributed by atoms with van der Waals surface area (Å²) in [4.78, 5) is 117. The highest BCUT2D eigenvalue weighted by Gasteiger charge is 2.52. The van der Waals surface area contributed by atoms with E-state index in [1.807, 2.05) is 48.5 Å². The first-order chi connectivity index (χ1) is 56.6. The Labute approximate surface area is 674 Å². The molecule has 2 unspecified atom stereocenters. The van der Waals surface area contributed by atoms with E-state index in [-0.39, 0.29) is 93.9 Å². The number of ketones is 1. The molecule has 32 nitrogen and oxygen atoms in total. The molecular formula is C80H106F5N3O29. The Balaban J connectivity index is 0.934. The van der Waals surface area contributed by atoms with E-state index in [1.54, 1.807) is 7.11 Å². The van der Waals surface area contributed by atoms with Crippen molar-refractivity contribution in [3.05, 3.63) is 113 Å². The van der Waals surface area contributed by atoms with Gasteiger partial charge in [-0.2, -0.15) is 8.78 Å². The standard InChI is InChI=1S/C80H106F5N3O29/c1-52(89)110-50-57-48-67(76(114-54(3)91)78(115-55(4)92)75(57)113-53(2)90)116-66-21-20-56(49-112-80(97)117-77-73(84)71(82)70(81)72(83)74(77)85)47-64(66)87-69(95)19-12-18-65(93)63(88-79(96)111-51-62-60-15-8-6-13-58(60)59-14-7-9-16-61(59)62)17-10-11-23-86-68(94)22-24-99-27-28-101-31-32-103-35-36-105-39-40-107-43-44-109-46-45-108-42-41-106-38-37-104-34-33-102-30-29-100-26-25-98-5/h6-9,13-16,20-21,47,57,62-63,67,75-76,78H,10-12,17-19,22-46,48-51H2,1-5H3,(H,86,94)(H,87,95)(H,88,96)/t57?,63?,67-,75+,76+,78-/m0/s1. The fraction of sp³-hybridized carbons (Fsp3) is 0.588. The molecule has 2 aliphatic carbocycles. The number of carbonyl (C=O) groups excluding carboxylic acids is 9. The molecule has 1 fully saturated rings. The number of nitrogens with one attached hydrogen (secondary N) is 3. The topological polar surface area (TPSA) is 374 Å². The number of fused-ring (bicyclic) bond motifs is 3. The van der Waals surface area contributed by atoms with Crippen molar-refractivity contribution in [2.45, 2.75) is 122 Å². The van der Waals surface area contributed by atoms with E-state index in [2.05, 4.69) is 20.7 Å². The van der Waals surface area contributed by atoms with Gasteiger partial charge in [-0.05, 0) is 72.1 Å². The number of carbonyl (C=O) groups is 9. The predicted octanol–water partition coefficient (Wildman–Crippen LogP) is 8.31. The average Bonchev–Trinajstić information content (AvgIpc) is 1.75. The molecule has 117 heavy (non-hydrogen) atoms. The Morgan fingerprint density at radius 1 is 0.453 bits per heavy atom. The molecule has 0 bridgehead atoms. The van der Waals surface area contributed by atoms with Crippen LogP contribution < -0.4 is 25.4 Å². The number of esters is 4. The fourth-order valence-electron chi connectivity index (χ4n) is 12.0. The summed E-state index contributed by atoms with van der Waals surface area (Å²) in [6.45, 7) is 12.5. The number of benzene rings is 4. The summed E-state index contributed by atoms with van der Waals surface area (Å²) >= 11 is 0. The summed E-state index contributed by atoms with van der Waals surface area (Å²) in [6.07, 6.45) is -8.98. The lowest BCUT2D eigenvalue weighted by atomic mass is 9.80. The van der Waals surface area contributed by atoms with Gasteiger partial charge in [-0.3, -0.25) is 33.6 Å². The highest BCUT2D eigenvalue weighted by atomic mass is 19.2. The second kappa shape index (κ2) is 55.5. The van der Waals surface area contributed by atoms with Gasteiger partial charge in [0.2, 0.25) is 46.6 Å². The number of amides is 3. The third-order valence-electron chi connectivity index (χ3n) is 17.4. The molecule has 0 spiro atoms. The second-order valence-corrected chi connectivity index (χ2v) is 26.3. The van der Waals surface area contributed by atoms with Gasteiger partial charge in [-0.1, -0.05) is 54.6 Å². The molecule has 4 aromatic rings. The average molecular weight is 1670 g/mol. The van der Waals surface area contributed by atoms with Crippen LogP contribution in [0.1, 0.15) is 102 Å². The minimum absolute atomic E-state index is 0.0422. The van der Waals surface area contributed by atoms with Gasteiger partial charge in [-0.15, -0.1) is 0 Å². The molecule has 0 saturated heterocycles. The summed E-state index contributed by atoms with van der Waals surface area (Å²) in [7, 11) is 1.62. The van der Waals surface area contributed by atoms with Crippen molar-refractivity contribution in [3.8, 4) is 22.6 Å². The molecule has 3 amide bonds. The number of hydrogen-bond donors (Lipinski definition) is 3. The summed E-state index contributed by atoms with van der Waals surface area (Å²) in [5.41, 5.74) is 3.60. The zero-order chi connectivity index (χ0) is 84.5. The minimum atomic E-state index is -2.52. The molecule has 6 atom stereocenters. The molecular weight excluding hydrogens is 1560 g/mol. The molecule has 0 aliphatic heterocycles. The van der Waals surface area contributed by atoms with Crippen LogP contribution in [0.5, 0.6) is 11.5 Å². The van der Waals surface area contributed by atoms with Gasteiger partial charge in [0.25, 0.3) is 0 Å². The number of anilines is 1. The number of rotatable bonds is 60. The molecule has 0 heterocycles. The van der Waals surface area contributed by atoms with Gasteiger partial charge in [0.1, 0.15) is 31.2 Å². The molecule has 37 heteroatoms. The summed E-state index contributed by atoms with van der Waals surface area (Å²) in [5.74, 6) is -20.8. The van der Waals surface area contributed by atoms with Crippen LogP contribution in [0.15, 0.2) is 66.7 Å². The number of alkyl carbamates (subject to hydrolysis) is 1. The van der Waals surface area contributed by atoms with Gasteiger partial charge >= 0.3 is 36.1 Å². The van der Waals surface area contributed by atoms with E-state index in [4.69, 9.17) is 90.0 Å². The molecule has 0 aromatic heterocycles. The molecule has 650 valence electrons. The zero-order valence-corrected chi connectivity index (χ0v) is 66.4. The monoisotopic (exact) mass is 1670 g/mol.